The van der Waals surface area contributed by atoms with Gasteiger partial charge in [-0.15, -0.1) is 24.0 Å². The lowest BCUT2D eigenvalue weighted by Crippen LogP contribution is -2.53. The Morgan fingerprint density at radius 1 is 1.23 bits per heavy atom. The Hall–Kier alpha value is -1.32. The summed E-state index contributed by atoms with van der Waals surface area (Å²) < 4.78 is 17.6. The summed E-state index contributed by atoms with van der Waals surface area (Å²) in [6, 6.07) is 10.1. The van der Waals surface area contributed by atoms with Gasteiger partial charge in [-0.25, -0.2) is 0 Å². The Bertz CT molecular complexity index is 709. The van der Waals surface area contributed by atoms with E-state index in [4.69, 9.17) is 13.9 Å². The highest BCUT2D eigenvalue weighted by Gasteiger charge is 2.32. The Morgan fingerprint density at radius 3 is 2.85 bits per heavy atom. The molecule has 1 N–H and O–H groups in total. The molecule has 2 unspecified atom stereocenters. The fourth-order valence-corrected chi connectivity index (χ4v) is 3.61. The number of hydrogen-bond acceptors (Lipinski definition) is 4. The summed E-state index contributed by atoms with van der Waals surface area (Å²) in [4.78, 5) is 6.68. The lowest BCUT2D eigenvalue weighted by Gasteiger charge is -2.37. The summed E-state index contributed by atoms with van der Waals surface area (Å²) in [6.45, 7) is 3.82. The minimum atomic E-state index is 0. The van der Waals surface area contributed by atoms with Crippen LogP contribution in [0.2, 0.25) is 0 Å². The molecule has 0 bridgehead atoms. The standard InChI is InChI=1S/C19H25N3O3.HI/c1-20-19(21-12-15-11-14-5-2-3-6-16(14)25-15)22-8-10-24-18(13-22)17-7-4-9-23-17;/h2-3,5-6,11,17-18H,4,7-10,12-13H2,1H3,(H,20,21);1H. The molecule has 2 fully saturated rings. The quantitative estimate of drug-likeness (QED) is 0.424. The maximum absolute atomic E-state index is 5.92. The summed E-state index contributed by atoms with van der Waals surface area (Å²) in [7, 11) is 1.82. The van der Waals surface area contributed by atoms with Gasteiger partial charge in [0.2, 0.25) is 0 Å². The van der Waals surface area contributed by atoms with E-state index >= 15 is 0 Å². The molecule has 0 saturated carbocycles. The van der Waals surface area contributed by atoms with Crippen LogP contribution >= 0.6 is 24.0 Å². The number of morpholine rings is 1. The second kappa shape index (κ2) is 9.05. The van der Waals surface area contributed by atoms with Gasteiger partial charge in [0.1, 0.15) is 17.4 Å². The molecule has 6 nitrogen and oxygen atoms in total. The average Bonchev–Trinajstić information content (AvgIpc) is 3.32. The van der Waals surface area contributed by atoms with Crippen LogP contribution in [0, 0.1) is 0 Å². The molecule has 2 aliphatic rings. The normalized spacial score (nSPS) is 23.9. The Morgan fingerprint density at radius 2 is 2.08 bits per heavy atom. The zero-order chi connectivity index (χ0) is 17.1. The van der Waals surface area contributed by atoms with Gasteiger partial charge in [0, 0.05) is 32.1 Å². The monoisotopic (exact) mass is 471 g/mol. The van der Waals surface area contributed by atoms with Gasteiger partial charge in [-0.05, 0) is 25.0 Å². The minimum absolute atomic E-state index is 0. The molecule has 2 saturated heterocycles. The molecule has 0 aliphatic carbocycles. The zero-order valence-corrected chi connectivity index (χ0v) is 17.3. The maximum Gasteiger partial charge on any atom is 0.194 e. The second-order valence-corrected chi connectivity index (χ2v) is 6.56. The van der Waals surface area contributed by atoms with E-state index < -0.39 is 0 Å². The summed E-state index contributed by atoms with van der Waals surface area (Å²) in [5.41, 5.74) is 0.916. The lowest BCUT2D eigenvalue weighted by atomic mass is 10.1. The van der Waals surface area contributed by atoms with Gasteiger partial charge in [0.15, 0.2) is 5.96 Å². The third-order valence-corrected chi connectivity index (χ3v) is 4.88. The van der Waals surface area contributed by atoms with Crippen LogP contribution in [-0.2, 0) is 16.0 Å². The van der Waals surface area contributed by atoms with Crippen LogP contribution in [0.15, 0.2) is 39.7 Å². The van der Waals surface area contributed by atoms with E-state index in [2.05, 4.69) is 27.3 Å². The molecule has 1 aromatic carbocycles. The van der Waals surface area contributed by atoms with Gasteiger partial charge in [-0.1, -0.05) is 18.2 Å². The molecule has 0 spiro atoms. The van der Waals surface area contributed by atoms with Crippen molar-refractivity contribution in [2.24, 2.45) is 4.99 Å². The number of nitrogens with one attached hydrogen (secondary N) is 1. The molecular formula is C19H26IN3O3. The molecule has 7 heteroatoms. The molecule has 1 aromatic heterocycles. The van der Waals surface area contributed by atoms with Crippen LogP contribution in [0.25, 0.3) is 11.0 Å². The number of para-hydroxylation sites is 1. The van der Waals surface area contributed by atoms with E-state index in [1.807, 2.05) is 25.2 Å². The molecule has 2 atom stereocenters. The van der Waals surface area contributed by atoms with Crippen molar-refractivity contribution in [3.05, 3.63) is 36.1 Å². The number of rotatable bonds is 3. The summed E-state index contributed by atoms with van der Waals surface area (Å²) in [5, 5.41) is 4.54. The van der Waals surface area contributed by atoms with Crippen LogP contribution in [-0.4, -0.2) is 56.4 Å². The molecule has 2 aliphatic heterocycles. The molecule has 0 radical (unpaired) electrons. The first kappa shape index (κ1) is 19.4. The van der Waals surface area contributed by atoms with Crippen LogP contribution < -0.4 is 5.32 Å². The molecule has 2 aromatic rings. The number of benzene rings is 1. The molecule has 26 heavy (non-hydrogen) atoms. The second-order valence-electron chi connectivity index (χ2n) is 6.56. The molecule has 3 heterocycles. The van der Waals surface area contributed by atoms with Crippen LogP contribution in [0.4, 0.5) is 0 Å². The lowest BCUT2D eigenvalue weighted by molar-refractivity contribution is -0.0817. The van der Waals surface area contributed by atoms with E-state index in [1.54, 1.807) is 0 Å². The van der Waals surface area contributed by atoms with Gasteiger partial charge in [-0.2, -0.15) is 0 Å². The number of halogens is 1. The van der Waals surface area contributed by atoms with E-state index in [9.17, 15) is 0 Å². The largest absolute Gasteiger partial charge is 0.459 e. The maximum atomic E-state index is 5.92. The smallest absolute Gasteiger partial charge is 0.194 e. The van der Waals surface area contributed by atoms with Crippen molar-refractivity contribution in [1.82, 2.24) is 10.2 Å². The van der Waals surface area contributed by atoms with Crippen LogP contribution in [0.5, 0.6) is 0 Å². The van der Waals surface area contributed by atoms with Crippen molar-refractivity contribution in [2.45, 2.75) is 31.6 Å². The van der Waals surface area contributed by atoms with E-state index in [0.717, 1.165) is 55.2 Å². The Kier molecular flexibility index (Phi) is 6.77. The van der Waals surface area contributed by atoms with Gasteiger partial charge in [0.05, 0.1) is 19.3 Å². The van der Waals surface area contributed by atoms with Crippen molar-refractivity contribution in [1.29, 1.82) is 0 Å². The molecule has 4 rings (SSSR count). The minimum Gasteiger partial charge on any atom is -0.459 e. The predicted molar refractivity (Wildman–Crippen MR) is 112 cm³/mol. The third-order valence-electron chi connectivity index (χ3n) is 4.88. The van der Waals surface area contributed by atoms with E-state index in [0.29, 0.717) is 13.2 Å². The fraction of sp³-hybridized carbons (Fsp3) is 0.526. The SMILES string of the molecule is CN=C(NCc1cc2ccccc2o1)N1CCOC(C2CCCO2)C1.I. The van der Waals surface area contributed by atoms with Gasteiger partial charge in [-0.3, -0.25) is 4.99 Å². The van der Waals surface area contributed by atoms with Crippen molar-refractivity contribution < 1.29 is 13.9 Å². The predicted octanol–water partition coefficient (Wildman–Crippen LogP) is 3.01. The van der Waals surface area contributed by atoms with Crippen molar-refractivity contribution in [3.63, 3.8) is 0 Å². The van der Waals surface area contributed by atoms with Crippen LogP contribution in [0.1, 0.15) is 18.6 Å². The van der Waals surface area contributed by atoms with E-state index in [-0.39, 0.29) is 36.2 Å². The summed E-state index contributed by atoms with van der Waals surface area (Å²) >= 11 is 0. The van der Waals surface area contributed by atoms with Gasteiger partial charge >= 0.3 is 0 Å². The highest BCUT2D eigenvalue weighted by Crippen LogP contribution is 2.21. The average molecular weight is 471 g/mol. The number of aliphatic imine (C=N–C) groups is 1. The fourth-order valence-electron chi connectivity index (χ4n) is 3.61. The van der Waals surface area contributed by atoms with Crippen molar-refractivity contribution in [2.75, 3.05) is 33.4 Å². The number of hydrogen-bond donors (Lipinski definition) is 1. The first-order valence-corrected chi connectivity index (χ1v) is 9.00. The third kappa shape index (κ3) is 4.32. The highest BCUT2D eigenvalue weighted by molar-refractivity contribution is 14.0. The summed E-state index contributed by atoms with van der Waals surface area (Å²) in [6.07, 6.45) is 2.56. The number of ether oxygens (including phenoxy) is 2. The van der Waals surface area contributed by atoms with Crippen LogP contribution in [0.3, 0.4) is 0 Å². The molecule has 0 amide bonds. The molecule has 142 valence electrons. The van der Waals surface area contributed by atoms with E-state index in [1.165, 1.54) is 0 Å². The zero-order valence-electron chi connectivity index (χ0n) is 15.0. The first-order valence-electron chi connectivity index (χ1n) is 9.00. The topological polar surface area (TPSA) is 59.2 Å². The number of guanidine groups is 1. The summed E-state index contributed by atoms with van der Waals surface area (Å²) in [5.74, 6) is 1.79. The highest BCUT2D eigenvalue weighted by atomic mass is 127. The van der Waals surface area contributed by atoms with Crippen molar-refractivity contribution in [3.8, 4) is 0 Å². The number of furan rings is 1. The number of fused-ring (bicyclic) bond motifs is 1. The van der Waals surface area contributed by atoms with Gasteiger partial charge in [0.25, 0.3) is 0 Å². The van der Waals surface area contributed by atoms with Crippen molar-refractivity contribution >= 4 is 40.9 Å². The number of nitrogens with zero attached hydrogens (tertiary/aromatic N) is 2. The Balaban J connectivity index is 0.00000196. The Labute approximate surface area is 170 Å². The van der Waals surface area contributed by atoms with Gasteiger partial charge < -0.3 is 24.1 Å². The first-order chi connectivity index (χ1) is 12.3. The molecular weight excluding hydrogens is 445 g/mol.